The fourth-order valence-electron chi connectivity index (χ4n) is 4.73. The van der Waals surface area contributed by atoms with Crippen LogP contribution < -0.4 is 15.6 Å². The summed E-state index contributed by atoms with van der Waals surface area (Å²) in [4.78, 5) is 14.0. The van der Waals surface area contributed by atoms with Gasteiger partial charge in [-0.3, -0.25) is 9.36 Å². The molecular weight excluding hydrogens is 478 g/mol. The SMILES string of the molecule is COc1cccc(-c2c(C)c(Cc3ccccc3F)c3n(c2=O)C(CNc2ccccc2)CS3)c1F. The summed E-state index contributed by atoms with van der Waals surface area (Å²) in [5.41, 5.74) is 3.21. The molecule has 1 atom stereocenters. The molecule has 3 aromatic carbocycles. The maximum absolute atomic E-state index is 15.4. The van der Waals surface area contributed by atoms with Crippen molar-refractivity contribution in [3.05, 3.63) is 111 Å². The Hall–Kier alpha value is -3.58. The van der Waals surface area contributed by atoms with Gasteiger partial charge in [-0.1, -0.05) is 48.5 Å². The van der Waals surface area contributed by atoms with Gasteiger partial charge >= 0.3 is 0 Å². The summed E-state index contributed by atoms with van der Waals surface area (Å²) in [6.07, 6.45) is 0.304. The van der Waals surface area contributed by atoms with Crippen LogP contribution in [0.4, 0.5) is 14.5 Å². The average Bonchev–Trinajstić information content (AvgIpc) is 3.32. The summed E-state index contributed by atoms with van der Waals surface area (Å²) < 4.78 is 37.0. The predicted molar refractivity (Wildman–Crippen MR) is 141 cm³/mol. The molecule has 184 valence electrons. The number of benzene rings is 3. The summed E-state index contributed by atoms with van der Waals surface area (Å²) in [5.74, 6) is -0.129. The molecule has 0 spiro atoms. The normalized spacial score (nSPS) is 14.5. The molecule has 1 unspecified atom stereocenters. The van der Waals surface area contributed by atoms with Crippen molar-refractivity contribution >= 4 is 17.4 Å². The van der Waals surface area contributed by atoms with Crippen molar-refractivity contribution in [2.45, 2.75) is 24.4 Å². The zero-order chi connectivity index (χ0) is 25.2. The van der Waals surface area contributed by atoms with Crippen LogP contribution in [0.1, 0.15) is 22.7 Å². The van der Waals surface area contributed by atoms with Crippen LogP contribution in [0.15, 0.2) is 82.6 Å². The molecule has 0 fully saturated rings. The Labute approximate surface area is 212 Å². The molecule has 36 heavy (non-hydrogen) atoms. The summed E-state index contributed by atoms with van der Waals surface area (Å²) in [7, 11) is 1.40. The summed E-state index contributed by atoms with van der Waals surface area (Å²) >= 11 is 1.59. The first-order valence-electron chi connectivity index (χ1n) is 11.8. The maximum Gasteiger partial charge on any atom is 0.260 e. The molecule has 1 N–H and O–H groups in total. The van der Waals surface area contributed by atoms with Gasteiger partial charge in [-0.05, 0) is 47.9 Å². The van der Waals surface area contributed by atoms with Gasteiger partial charge in [0.1, 0.15) is 5.82 Å². The molecule has 2 heterocycles. The number of hydrogen-bond acceptors (Lipinski definition) is 4. The Kier molecular flexibility index (Phi) is 6.83. The number of fused-ring (bicyclic) bond motifs is 1. The molecule has 0 saturated heterocycles. The number of pyridine rings is 1. The molecule has 4 nitrogen and oxygen atoms in total. The summed E-state index contributed by atoms with van der Waals surface area (Å²) in [5, 5.41) is 4.22. The number of nitrogens with one attached hydrogen (secondary N) is 1. The van der Waals surface area contributed by atoms with E-state index in [-0.39, 0.29) is 34.3 Å². The number of thioether (sulfide) groups is 1. The monoisotopic (exact) mass is 504 g/mol. The molecule has 1 aromatic heterocycles. The van der Waals surface area contributed by atoms with Gasteiger partial charge in [0.25, 0.3) is 5.56 Å². The Balaban J connectivity index is 1.67. The third-order valence-corrected chi connectivity index (χ3v) is 7.88. The molecular formula is C29H26F2N2O2S. The largest absolute Gasteiger partial charge is 0.494 e. The quantitative estimate of drug-likeness (QED) is 0.314. The van der Waals surface area contributed by atoms with Crippen molar-refractivity contribution in [1.29, 1.82) is 0 Å². The number of nitrogens with zero attached hydrogens (tertiary/aromatic N) is 1. The molecule has 0 saturated carbocycles. The highest BCUT2D eigenvalue weighted by Gasteiger charge is 2.31. The standard InChI is InChI=1S/C29H26F2N2O2S/c1-18-23(15-19-9-6-7-13-24(19)30)29-33(21(17-36-29)16-32-20-10-4-3-5-11-20)28(34)26(18)22-12-8-14-25(35-2)27(22)31/h3-14,21,32H,15-17H2,1-2H3. The number of aromatic nitrogens is 1. The second-order valence-electron chi connectivity index (χ2n) is 8.76. The first kappa shape index (κ1) is 24.1. The smallest absolute Gasteiger partial charge is 0.260 e. The molecule has 1 aliphatic rings. The van der Waals surface area contributed by atoms with Crippen molar-refractivity contribution in [2.75, 3.05) is 24.7 Å². The number of halogens is 2. The van der Waals surface area contributed by atoms with E-state index in [1.165, 1.54) is 19.2 Å². The highest BCUT2D eigenvalue weighted by Crippen LogP contribution is 2.40. The van der Waals surface area contributed by atoms with E-state index in [2.05, 4.69) is 5.32 Å². The Bertz CT molecular complexity index is 1470. The number of rotatable bonds is 7. The minimum absolute atomic E-state index is 0.0733. The van der Waals surface area contributed by atoms with Gasteiger partial charge in [0.2, 0.25) is 0 Å². The van der Waals surface area contributed by atoms with E-state index in [1.54, 1.807) is 46.7 Å². The Morgan fingerprint density at radius 2 is 1.78 bits per heavy atom. The lowest BCUT2D eigenvalue weighted by Gasteiger charge is -2.21. The van der Waals surface area contributed by atoms with Crippen molar-refractivity contribution in [3.63, 3.8) is 0 Å². The number of ether oxygens (including phenoxy) is 1. The van der Waals surface area contributed by atoms with Gasteiger partial charge in [0.15, 0.2) is 11.6 Å². The first-order chi connectivity index (χ1) is 17.5. The second kappa shape index (κ2) is 10.2. The predicted octanol–water partition coefficient (Wildman–Crippen LogP) is 6.46. The first-order valence-corrected chi connectivity index (χ1v) is 12.7. The second-order valence-corrected chi connectivity index (χ2v) is 9.77. The molecule has 0 amide bonds. The maximum atomic E-state index is 15.4. The number of anilines is 1. The zero-order valence-electron chi connectivity index (χ0n) is 20.1. The average molecular weight is 505 g/mol. The molecule has 7 heteroatoms. The van der Waals surface area contributed by atoms with Crippen LogP contribution in [0.5, 0.6) is 5.75 Å². The van der Waals surface area contributed by atoms with E-state index in [1.807, 2.05) is 37.3 Å². The third-order valence-electron chi connectivity index (χ3n) is 6.61. The topological polar surface area (TPSA) is 43.3 Å². The van der Waals surface area contributed by atoms with E-state index >= 15 is 4.39 Å². The van der Waals surface area contributed by atoms with Crippen LogP contribution in [0, 0.1) is 18.6 Å². The number of hydrogen-bond donors (Lipinski definition) is 1. The van der Waals surface area contributed by atoms with Crippen LogP contribution in [0.25, 0.3) is 11.1 Å². The molecule has 0 radical (unpaired) electrons. The van der Waals surface area contributed by atoms with Crippen molar-refractivity contribution in [1.82, 2.24) is 4.57 Å². The van der Waals surface area contributed by atoms with E-state index in [4.69, 9.17) is 4.74 Å². The molecule has 0 aliphatic carbocycles. The number of para-hydroxylation sites is 1. The van der Waals surface area contributed by atoms with Crippen LogP contribution in [0.2, 0.25) is 0 Å². The van der Waals surface area contributed by atoms with Crippen molar-refractivity contribution < 1.29 is 13.5 Å². The van der Waals surface area contributed by atoms with Gasteiger partial charge < -0.3 is 10.1 Å². The van der Waals surface area contributed by atoms with Gasteiger partial charge in [-0.15, -0.1) is 11.8 Å². The Morgan fingerprint density at radius 1 is 1.03 bits per heavy atom. The fourth-order valence-corrected chi connectivity index (χ4v) is 6.12. The molecule has 0 bridgehead atoms. The van der Waals surface area contributed by atoms with Gasteiger partial charge in [-0.2, -0.15) is 0 Å². The highest BCUT2D eigenvalue weighted by molar-refractivity contribution is 7.99. The van der Waals surface area contributed by atoms with Gasteiger partial charge in [0.05, 0.1) is 23.7 Å². The van der Waals surface area contributed by atoms with Crippen molar-refractivity contribution in [3.8, 4) is 16.9 Å². The summed E-state index contributed by atoms with van der Waals surface area (Å²) in [6.45, 7) is 2.36. The molecule has 5 rings (SSSR count). The molecule has 1 aliphatic heterocycles. The van der Waals surface area contributed by atoms with Crippen molar-refractivity contribution in [2.24, 2.45) is 0 Å². The van der Waals surface area contributed by atoms with Crippen LogP contribution >= 0.6 is 11.8 Å². The highest BCUT2D eigenvalue weighted by atomic mass is 32.2. The van der Waals surface area contributed by atoms with E-state index in [0.717, 1.165) is 16.3 Å². The zero-order valence-corrected chi connectivity index (χ0v) is 20.9. The molecule has 4 aromatic rings. The lowest BCUT2D eigenvalue weighted by Crippen LogP contribution is -2.31. The van der Waals surface area contributed by atoms with E-state index < -0.39 is 5.82 Å². The number of methoxy groups -OCH3 is 1. The fraction of sp³-hybridized carbons (Fsp3) is 0.207. The van der Waals surface area contributed by atoms with E-state index in [9.17, 15) is 9.18 Å². The van der Waals surface area contributed by atoms with Crippen LogP contribution in [-0.2, 0) is 6.42 Å². The third kappa shape index (κ3) is 4.39. The van der Waals surface area contributed by atoms with Gasteiger partial charge in [0, 0.05) is 30.0 Å². The van der Waals surface area contributed by atoms with Gasteiger partial charge in [-0.25, -0.2) is 8.78 Å². The minimum atomic E-state index is -0.581. The summed E-state index contributed by atoms with van der Waals surface area (Å²) in [6, 6.07) is 21.1. The minimum Gasteiger partial charge on any atom is -0.494 e. The van der Waals surface area contributed by atoms with E-state index in [0.29, 0.717) is 29.8 Å². The van der Waals surface area contributed by atoms with Crippen LogP contribution in [0.3, 0.4) is 0 Å². The Morgan fingerprint density at radius 3 is 2.53 bits per heavy atom. The lowest BCUT2D eigenvalue weighted by atomic mass is 9.94. The van der Waals surface area contributed by atoms with Crippen LogP contribution in [-0.4, -0.2) is 24.0 Å². The lowest BCUT2D eigenvalue weighted by molar-refractivity contribution is 0.387.